The summed E-state index contributed by atoms with van der Waals surface area (Å²) < 4.78 is 27.2. The van der Waals surface area contributed by atoms with Gasteiger partial charge in [0.05, 0.1) is 17.5 Å². The van der Waals surface area contributed by atoms with Crippen LogP contribution in [0.15, 0.2) is 0 Å². The van der Waals surface area contributed by atoms with Crippen LogP contribution in [0.25, 0.3) is 0 Å². The van der Waals surface area contributed by atoms with E-state index >= 15 is 0 Å². The Balaban J connectivity index is 2.20. The summed E-state index contributed by atoms with van der Waals surface area (Å²) in [4.78, 5) is 0. The van der Waals surface area contributed by atoms with E-state index in [1.807, 2.05) is 0 Å². The molecule has 0 amide bonds. The van der Waals surface area contributed by atoms with Crippen LogP contribution in [0.5, 0.6) is 0 Å². The quantitative estimate of drug-likeness (QED) is 0.609. The minimum atomic E-state index is -2.29. The van der Waals surface area contributed by atoms with E-state index in [9.17, 15) is 8.42 Å². The predicted octanol–water partition coefficient (Wildman–Crippen LogP) is 0.410. The van der Waals surface area contributed by atoms with Gasteiger partial charge in [-0.2, -0.15) is 0 Å². The molecule has 0 N–H and O–H groups in total. The number of rotatable bonds is 1. The van der Waals surface area contributed by atoms with Gasteiger partial charge in [0.1, 0.15) is 10.7 Å². The zero-order valence-corrected chi connectivity index (χ0v) is 8.16. The highest BCUT2D eigenvalue weighted by Crippen LogP contribution is 2.43. The Morgan fingerprint density at radius 2 is 1.92 bits per heavy atom. The van der Waals surface area contributed by atoms with E-state index in [0.29, 0.717) is 11.8 Å². The molecule has 2 rings (SSSR count). The lowest BCUT2D eigenvalue weighted by Gasteiger charge is -2.24. The molecule has 5 unspecified atom stereocenters. The first kappa shape index (κ1) is 8.51. The molecule has 0 spiro atoms. The van der Waals surface area contributed by atoms with Gasteiger partial charge in [-0.1, -0.05) is 13.8 Å². The molecule has 0 aromatic heterocycles. The molecule has 2 fully saturated rings. The third-order valence-corrected chi connectivity index (χ3v) is 4.44. The van der Waals surface area contributed by atoms with Crippen molar-refractivity contribution in [3.63, 3.8) is 0 Å². The molecule has 0 aliphatic carbocycles. The number of hydrogen-bond acceptors (Lipinski definition) is 3. The summed E-state index contributed by atoms with van der Waals surface area (Å²) in [7, 11) is -2.29. The molecule has 2 aliphatic rings. The van der Waals surface area contributed by atoms with Crippen LogP contribution < -0.4 is 0 Å². The Morgan fingerprint density at radius 1 is 1.25 bits per heavy atom. The lowest BCUT2D eigenvalue weighted by Crippen LogP contribution is -2.34. The number of fused-ring (bicyclic) bond motifs is 2. The molecule has 4 heteroatoms. The second-order valence-electron chi connectivity index (χ2n) is 3.95. The van der Waals surface area contributed by atoms with Gasteiger partial charge >= 0.3 is 0 Å². The summed E-state index contributed by atoms with van der Waals surface area (Å²) in [6.45, 7) is 4.23. The van der Waals surface area contributed by atoms with E-state index in [0.717, 1.165) is 6.42 Å². The van der Waals surface area contributed by atoms with Crippen LogP contribution in [0.4, 0.5) is 0 Å². The minimum absolute atomic E-state index is 0.0221. The summed E-state index contributed by atoms with van der Waals surface area (Å²) >= 11 is 0. The highest BCUT2D eigenvalue weighted by molar-refractivity contribution is 7.73. The van der Waals surface area contributed by atoms with Gasteiger partial charge in [0.15, 0.2) is 0 Å². The normalized spacial score (nSPS) is 52.1. The van der Waals surface area contributed by atoms with E-state index in [1.54, 1.807) is 0 Å². The van der Waals surface area contributed by atoms with Crippen LogP contribution in [0, 0.1) is 11.8 Å². The number of thiol groups is 1. The van der Waals surface area contributed by atoms with Crippen LogP contribution in [0.1, 0.15) is 20.3 Å². The number of hydrogen-bond donors (Lipinski definition) is 1. The van der Waals surface area contributed by atoms with Crippen LogP contribution in [0.3, 0.4) is 0 Å². The van der Waals surface area contributed by atoms with Crippen molar-refractivity contribution in [1.82, 2.24) is 0 Å². The third-order valence-electron chi connectivity index (χ3n) is 3.39. The zero-order valence-electron chi connectivity index (χ0n) is 7.27. The largest absolute Gasteiger partial charge is 0.373 e. The highest BCUT2D eigenvalue weighted by atomic mass is 32.2. The van der Waals surface area contributed by atoms with Gasteiger partial charge in [-0.05, 0) is 18.3 Å². The van der Waals surface area contributed by atoms with Crippen LogP contribution in [-0.4, -0.2) is 25.9 Å². The second-order valence-corrected chi connectivity index (χ2v) is 5.18. The summed E-state index contributed by atoms with van der Waals surface area (Å²) in [5, 5.41) is -0.212. The van der Waals surface area contributed by atoms with Crippen molar-refractivity contribution < 1.29 is 13.2 Å². The minimum Gasteiger partial charge on any atom is -0.373 e. The molecular formula is C8H14O3S. The van der Waals surface area contributed by atoms with Crippen molar-refractivity contribution in [3.8, 4) is 0 Å². The molecule has 2 aliphatic heterocycles. The SMILES string of the molecule is CC1C2CC([SH](=O)=O)C(O2)C1C. The van der Waals surface area contributed by atoms with E-state index < -0.39 is 10.7 Å². The topological polar surface area (TPSA) is 43.4 Å². The molecule has 2 heterocycles. The molecule has 0 saturated carbocycles. The maximum Gasteiger partial charge on any atom is 0.145 e. The molecule has 0 radical (unpaired) electrons. The Hall–Kier alpha value is -0.0900. The van der Waals surface area contributed by atoms with Crippen molar-refractivity contribution in [1.29, 1.82) is 0 Å². The standard InChI is InChI=1S/C8H14O3S/c1-4-5(2)8-7(12(9)10)3-6(4)11-8/h4-8,12H,3H2,1-2H3. The van der Waals surface area contributed by atoms with Crippen molar-refractivity contribution in [2.75, 3.05) is 0 Å². The highest BCUT2D eigenvalue weighted by Gasteiger charge is 2.51. The Morgan fingerprint density at radius 3 is 2.33 bits per heavy atom. The van der Waals surface area contributed by atoms with Crippen molar-refractivity contribution in [3.05, 3.63) is 0 Å². The average molecular weight is 190 g/mol. The molecule has 0 aromatic rings. The maximum atomic E-state index is 10.8. The summed E-state index contributed by atoms with van der Waals surface area (Å²) in [5.74, 6) is 0.933. The van der Waals surface area contributed by atoms with E-state index in [2.05, 4.69) is 13.8 Å². The fraction of sp³-hybridized carbons (Fsp3) is 1.00. The van der Waals surface area contributed by atoms with Crippen LogP contribution >= 0.6 is 0 Å². The van der Waals surface area contributed by atoms with Gasteiger partial charge in [-0.25, -0.2) is 8.42 Å². The van der Waals surface area contributed by atoms with E-state index in [4.69, 9.17) is 4.74 Å². The zero-order chi connectivity index (χ0) is 8.88. The monoisotopic (exact) mass is 190 g/mol. The van der Waals surface area contributed by atoms with Gasteiger partial charge in [0, 0.05) is 0 Å². The fourth-order valence-electron chi connectivity index (χ4n) is 2.38. The van der Waals surface area contributed by atoms with Gasteiger partial charge in [-0.15, -0.1) is 0 Å². The van der Waals surface area contributed by atoms with Crippen LogP contribution in [0.2, 0.25) is 0 Å². The molecule has 5 atom stereocenters. The molecule has 3 nitrogen and oxygen atoms in total. The Labute approximate surface area is 74.1 Å². The predicted molar refractivity (Wildman–Crippen MR) is 45.7 cm³/mol. The van der Waals surface area contributed by atoms with Crippen LogP contribution in [-0.2, 0) is 15.4 Å². The smallest absolute Gasteiger partial charge is 0.145 e. The Bertz CT molecular complexity index is 251. The molecule has 2 bridgehead atoms. The van der Waals surface area contributed by atoms with Crippen molar-refractivity contribution in [2.24, 2.45) is 11.8 Å². The summed E-state index contributed by atoms with van der Waals surface area (Å²) in [6.07, 6.45) is 0.892. The lowest BCUT2D eigenvalue weighted by molar-refractivity contribution is 0.0904. The molecule has 2 saturated heterocycles. The summed E-state index contributed by atoms with van der Waals surface area (Å²) in [6, 6.07) is 0. The number of ether oxygens (including phenoxy) is 1. The van der Waals surface area contributed by atoms with Gasteiger partial charge < -0.3 is 4.74 Å². The molecule has 12 heavy (non-hydrogen) atoms. The first-order valence-electron chi connectivity index (χ1n) is 4.40. The maximum absolute atomic E-state index is 10.8. The molecule has 0 aromatic carbocycles. The van der Waals surface area contributed by atoms with Gasteiger partial charge in [0.2, 0.25) is 0 Å². The summed E-state index contributed by atoms with van der Waals surface area (Å²) in [5.41, 5.74) is 0. The van der Waals surface area contributed by atoms with Crippen molar-refractivity contribution >= 4 is 10.7 Å². The first-order valence-corrected chi connectivity index (χ1v) is 5.65. The van der Waals surface area contributed by atoms with Gasteiger partial charge in [-0.3, -0.25) is 0 Å². The van der Waals surface area contributed by atoms with E-state index in [1.165, 1.54) is 0 Å². The van der Waals surface area contributed by atoms with E-state index in [-0.39, 0.29) is 17.5 Å². The molecule has 70 valence electrons. The third kappa shape index (κ3) is 1.01. The van der Waals surface area contributed by atoms with Gasteiger partial charge in [0.25, 0.3) is 0 Å². The Kier molecular flexibility index (Phi) is 1.92. The van der Waals surface area contributed by atoms with Crippen molar-refractivity contribution in [2.45, 2.75) is 37.7 Å². The lowest BCUT2D eigenvalue weighted by atomic mass is 9.81. The average Bonchev–Trinajstić information content (AvgIpc) is 2.53. The first-order chi connectivity index (χ1) is 5.61. The second kappa shape index (κ2) is 2.70. The molecular weight excluding hydrogens is 176 g/mol. The fourth-order valence-corrected chi connectivity index (χ4v) is 3.34.